The van der Waals surface area contributed by atoms with Crippen molar-refractivity contribution in [3.8, 4) is 0 Å². The normalized spacial score (nSPS) is 18.6. The number of anilines is 2. The van der Waals surface area contributed by atoms with Crippen LogP contribution in [0, 0.1) is 0 Å². The number of nitrogens with zero attached hydrogens (tertiary/aromatic N) is 3. The first-order chi connectivity index (χ1) is 13.2. The molecule has 0 unspecified atom stereocenters. The number of aromatic nitrogens is 2. The molecule has 0 bridgehead atoms. The molecule has 4 rings (SSSR count). The van der Waals surface area contributed by atoms with Gasteiger partial charge in [-0.2, -0.15) is 0 Å². The topological polar surface area (TPSA) is 76.6 Å². The Bertz CT molecular complexity index is 776. The van der Waals surface area contributed by atoms with Gasteiger partial charge in [-0.1, -0.05) is 19.1 Å². The van der Waals surface area contributed by atoms with Gasteiger partial charge in [-0.05, 0) is 24.1 Å². The van der Waals surface area contributed by atoms with Gasteiger partial charge in [0.15, 0.2) is 5.79 Å². The molecule has 2 saturated heterocycles. The van der Waals surface area contributed by atoms with E-state index in [4.69, 9.17) is 9.47 Å². The predicted molar refractivity (Wildman–Crippen MR) is 101 cm³/mol. The zero-order chi connectivity index (χ0) is 18.7. The van der Waals surface area contributed by atoms with Crippen molar-refractivity contribution in [2.24, 2.45) is 0 Å². The molecule has 1 N–H and O–H groups in total. The highest BCUT2D eigenvalue weighted by Crippen LogP contribution is 2.31. The number of amides is 1. The Kier molecular flexibility index (Phi) is 5.05. The second-order valence-corrected chi connectivity index (χ2v) is 6.87. The molecule has 2 aliphatic rings. The lowest BCUT2D eigenvalue weighted by atomic mass is 10.0. The Balaban J connectivity index is 1.36. The summed E-state index contributed by atoms with van der Waals surface area (Å²) in [6, 6.07) is 8.14. The largest absolute Gasteiger partial charge is 0.347 e. The monoisotopic (exact) mass is 368 g/mol. The second kappa shape index (κ2) is 7.62. The molecule has 0 saturated carbocycles. The minimum atomic E-state index is -0.478. The lowest BCUT2D eigenvalue weighted by Crippen LogP contribution is -2.47. The summed E-state index contributed by atoms with van der Waals surface area (Å²) >= 11 is 0. The number of hydrogen-bond acceptors (Lipinski definition) is 6. The van der Waals surface area contributed by atoms with Crippen LogP contribution in [0.15, 0.2) is 36.7 Å². The fraction of sp³-hybridized carbons (Fsp3) is 0.450. The van der Waals surface area contributed by atoms with Crippen LogP contribution in [0.4, 0.5) is 11.6 Å². The minimum Gasteiger partial charge on any atom is -0.347 e. The van der Waals surface area contributed by atoms with Gasteiger partial charge in [-0.15, -0.1) is 0 Å². The van der Waals surface area contributed by atoms with Crippen molar-refractivity contribution in [2.75, 3.05) is 31.6 Å². The van der Waals surface area contributed by atoms with Crippen molar-refractivity contribution in [1.29, 1.82) is 0 Å². The summed E-state index contributed by atoms with van der Waals surface area (Å²) in [5, 5.41) is 3.15. The number of hydrogen-bond donors (Lipinski definition) is 1. The molecule has 142 valence electrons. The average molecular weight is 368 g/mol. The van der Waals surface area contributed by atoms with Gasteiger partial charge in [0, 0.05) is 44.0 Å². The molecule has 0 radical (unpaired) electrons. The highest BCUT2D eigenvalue weighted by Gasteiger charge is 2.40. The first-order valence-corrected chi connectivity index (χ1v) is 9.43. The zero-order valence-electron chi connectivity index (χ0n) is 15.5. The number of rotatable bonds is 4. The van der Waals surface area contributed by atoms with Crippen LogP contribution < -0.4 is 5.32 Å². The van der Waals surface area contributed by atoms with E-state index in [1.165, 1.54) is 5.56 Å². The van der Waals surface area contributed by atoms with Crippen LogP contribution in [-0.2, 0) is 15.9 Å². The molecule has 1 aromatic carbocycles. The Morgan fingerprint density at radius 1 is 1.11 bits per heavy atom. The van der Waals surface area contributed by atoms with E-state index in [0.29, 0.717) is 50.7 Å². The third-order valence-electron chi connectivity index (χ3n) is 5.14. The maximum absolute atomic E-state index is 12.7. The summed E-state index contributed by atoms with van der Waals surface area (Å²) in [7, 11) is 0. The molecule has 0 aliphatic carbocycles. The standard InChI is InChI=1S/C20H24N4O3/c1-2-15-3-5-17(6-4-15)23-19-21-13-16(14-22-19)18(25)24-9-7-20(8-10-24)26-11-12-27-20/h3-6,13-14H,2,7-12H2,1H3,(H,21,22,23). The summed E-state index contributed by atoms with van der Waals surface area (Å²) in [6.07, 6.45) is 5.56. The molecule has 7 heteroatoms. The maximum atomic E-state index is 12.7. The van der Waals surface area contributed by atoms with Crippen LogP contribution in [0.25, 0.3) is 0 Å². The van der Waals surface area contributed by atoms with Gasteiger partial charge in [-0.25, -0.2) is 9.97 Å². The predicted octanol–water partition coefficient (Wildman–Crippen LogP) is 2.76. The van der Waals surface area contributed by atoms with E-state index < -0.39 is 5.79 Å². The zero-order valence-corrected chi connectivity index (χ0v) is 15.5. The summed E-state index contributed by atoms with van der Waals surface area (Å²) < 4.78 is 11.4. The van der Waals surface area contributed by atoms with E-state index in [2.05, 4.69) is 34.3 Å². The van der Waals surface area contributed by atoms with Gasteiger partial charge in [0.25, 0.3) is 5.91 Å². The van der Waals surface area contributed by atoms with Gasteiger partial charge in [-0.3, -0.25) is 4.79 Å². The van der Waals surface area contributed by atoms with Crippen molar-refractivity contribution < 1.29 is 14.3 Å². The molecule has 2 fully saturated rings. The molecule has 2 aliphatic heterocycles. The molecule has 1 aromatic heterocycles. The quantitative estimate of drug-likeness (QED) is 0.894. The summed E-state index contributed by atoms with van der Waals surface area (Å²) in [5.41, 5.74) is 2.69. The Morgan fingerprint density at radius 3 is 2.33 bits per heavy atom. The molecular weight excluding hydrogens is 344 g/mol. The number of ether oxygens (including phenoxy) is 2. The third kappa shape index (κ3) is 3.94. The van der Waals surface area contributed by atoms with E-state index in [9.17, 15) is 4.79 Å². The van der Waals surface area contributed by atoms with Crippen molar-refractivity contribution >= 4 is 17.5 Å². The van der Waals surface area contributed by atoms with Crippen LogP contribution in [0.5, 0.6) is 0 Å². The van der Waals surface area contributed by atoms with Crippen molar-refractivity contribution in [1.82, 2.24) is 14.9 Å². The van der Waals surface area contributed by atoms with E-state index in [1.54, 1.807) is 12.4 Å². The van der Waals surface area contributed by atoms with Crippen molar-refractivity contribution in [2.45, 2.75) is 32.0 Å². The highest BCUT2D eigenvalue weighted by atomic mass is 16.7. The SMILES string of the molecule is CCc1ccc(Nc2ncc(C(=O)N3CCC4(CC3)OCCO4)cn2)cc1. The van der Waals surface area contributed by atoms with Crippen LogP contribution >= 0.6 is 0 Å². The number of benzene rings is 1. The number of piperidine rings is 1. The number of nitrogens with one attached hydrogen (secondary N) is 1. The van der Waals surface area contributed by atoms with Gasteiger partial charge in [0.2, 0.25) is 5.95 Å². The smallest absolute Gasteiger partial charge is 0.256 e. The fourth-order valence-electron chi connectivity index (χ4n) is 3.47. The molecule has 3 heterocycles. The third-order valence-corrected chi connectivity index (χ3v) is 5.14. The molecular formula is C20H24N4O3. The number of aryl methyl sites for hydroxylation is 1. The molecule has 0 atom stereocenters. The average Bonchev–Trinajstić information content (AvgIpc) is 3.17. The van der Waals surface area contributed by atoms with E-state index in [1.807, 2.05) is 17.0 Å². The molecule has 1 amide bonds. The first-order valence-electron chi connectivity index (χ1n) is 9.43. The first kappa shape index (κ1) is 17.9. The molecule has 27 heavy (non-hydrogen) atoms. The molecule has 7 nitrogen and oxygen atoms in total. The maximum Gasteiger partial charge on any atom is 0.256 e. The van der Waals surface area contributed by atoms with E-state index >= 15 is 0 Å². The lowest BCUT2D eigenvalue weighted by Gasteiger charge is -2.37. The van der Waals surface area contributed by atoms with Gasteiger partial charge >= 0.3 is 0 Å². The highest BCUT2D eigenvalue weighted by molar-refractivity contribution is 5.93. The minimum absolute atomic E-state index is 0.0540. The van der Waals surface area contributed by atoms with E-state index in [-0.39, 0.29) is 5.91 Å². The Morgan fingerprint density at radius 2 is 1.74 bits per heavy atom. The summed E-state index contributed by atoms with van der Waals surface area (Å²) in [5.74, 6) is -0.0585. The van der Waals surface area contributed by atoms with Gasteiger partial charge < -0.3 is 19.7 Å². The van der Waals surface area contributed by atoms with Crippen LogP contribution in [0.2, 0.25) is 0 Å². The van der Waals surface area contributed by atoms with Crippen LogP contribution in [0.3, 0.4) is 0 Å². The second-order valence-electron chi connectivity index (χ2n) is 6.87. The van der Waals surface area contributed by atoms with Crippen LogP contribution in [-0.4, -0.2) is 52.9 Å². The number of carbonyl (C=O) groups excluding carboxylic acids is 1. The summed E-state index contributed by atoms with van der Waals surface area (Å²) in [6.45, 7) is 4.62. The summed E-state index contributed by atoms with van der Waals surface area (Å²) in [4.78, 5) is 23.1. The molecule has 1 spiro atoms. The van der Waals surface area contributed by atoms with E-state index in [0.717, 1.165) is 12.1 Å². The lowest BCUT2D eigenvalue weighted by molar-refractivity contribution is -0.181. The Labute approximate surface area is 158 Å². The fourth-order valence-corrected chi connectivity index (χ4v) is 3.47. The number of carbonyl (C=O) groups is 1. The van der Waals surface area contributed by atoms with Crippen molar-refractivity contribution in [3.63, 3.8) is 0 Å². The number of likely N-dealkylation sites (tertiary alicyclic amines) is 1. The van der Waals surface area contributed by atoms with Gasteiger partial charge in [0.05, 0.1) is 18.8 Å². The molecule has 2 aromatic rings. The van der Waals surface area contributed by atoms with Gasteiger partial charge in [0.1, 0.15) is 0 Å². The Hall–Kier alpha value is -2.51. The van der Waals surface area contributed by atoms with Crippen LogP contribution in [0.1, 0.15) is 35.7 Å². The van der Waals surface area contributed by atoms with Crippen molar-refractivity contribution in [3.05, 3.63) is 47.8 Å².